The first-order valence-corrected chi connectivity index (χ1v) is 14.0. The average Bonchev–Trinajstić information content (AvgIpc) is 2.63. The summed E-state index contributed by atoms with van der Waals surface area (Å²) in [6.45, 7) is 16.9. The smallest absolute Gasteiger partial charge is 0.0784 e. The van der Waals surface area contributed by atoms with Crippen LogP contribution in [0, 0.1) is 0 Å². The Morgan fingerprint density at radius 3 is 2.00 bits per heavy atom. The van der Waals surface area contributed by atoms with Crippen LogP contribution < -0.4 is 0 Å². The molecule has 1 aliphatic rings. The van der Waals surface area contributed by atoms with Gasteiger partial charge in [0.05, 0.1) is 14.7 Å². The molecule has 0 heterocycles. The second-order valence-electron chi connectivity index (χ2n) is 10.7. The Bertz CT molecular complexity index is 880. The van der Waals surface area contributed by atoms with Crippen molar-refractivity contribution in [2.45, 2.75) is 77.6 Å². The van der Waals surface area contributed by atoms with Gasteiger partial charge in [0.1, 0.15) is 0 Å². The highest BCUT2D eigenvalue weighted by molar-refractivity contribution is 6.94. The third-order valence-corrected chi connectivity index (χ3v) is 8.49. The van der Waals surface area contributed by atoms with E-state index in [9.17, 15) is 5.11 Å². The van der Waals surface area contributed by atoms with Crippen LogP contribution in [0.2, 0.25) is 19.6 Å². The number of benzene rings is 2. The summed E-state index contributed by atoms with van der Waals surface area (Å²) in [5.74, 6) is 0. The minimum absolute atomic E-state index is 0.0978. The number of hydrogen-bond acceptors (Lipinski definition) is 1. The molecule has 3 rings (SSSR count). The van der Waals surface area contributed by atoms with Gasteiger partial charge >= 0.3 is 0 Å². The molecule has 0 radical (unpaired) electrons. The summed E-state index contributed by atoms with van der Waals surface area (Å²) in [6.07, 6.45) is 4.86. The molecule has 0 bridgehead atoms. The third kappa shape index (κ3) is 4.18. The van der Waals surface area contributed by atoms with Gasteiger partial charge in [-0.15, -0.1) is 0 Å². The van der Waals surface area contributed by atoms with Crippen molar-refractivity contribution in [2.75, 3.05) is 0 Å². The molecule has 150 valence electrons. The van der Waals surface area contributed by atoms with E-state index in [2.05, 4.69) is 83.7 Å². The zero-order valence-electron chi connectivity index (χ0n) is 18.7. The van der Waals surface area contributed by atoms with Gasteiger partial charge in [-0.3, -0.25) is 0 Å². The van der Waals surface area contributed by atoms with Crippen LogP contribution in [0.4, 0.5) is 0 Å². The van der Waals surface area contributed by atoms with Gasteiger partial charge < -0.3 is 5.11 Å². The lowest BCUT2D eigenvalue weighted by atomic mass is 9.63. The van der Waals surface area contributed by atoms with Crippen molar-refractivity contribution in [1.29, 1.82) is 0 Å². The van der Waals surface area contributed by atoms with Crippen LogP contribution in [-0.4, -0.2) is 13.2 Å². The maximum Gasteiger partial charge on any atom is 0.0784 e. The molecule has 2 aromatic carbocycles. The van der Waals surface area contributed by atoms with E-state index in [0.29, 0.717) is 0 Å². The Morgan fingerprint density at radius 2 is 1.46 bits per heavy atom. The SMILES string of the molecule is CC1(C)CCC(C)(C)c2cc(C(=Cc3ccc(CO)cc3)[Si](C)(C)C)ccc21. The van der Waals surface area contributed by atoms with Crippen molar-refractivity contribution in [3.05, 3.63) is 70.3 Å². The molecule has 0 atom stereocenters. The van der Waals surface area contributed by atoms with Crippen LogP contribution in [0.3, 0.4) is 0 Å². The standard InChI is InChI=1S/C26H36OSi/c1-25(2)14-15-26(3,4)23-17-21(12-13-22(23)25)24(28(5,6)7)16-19-8-10-20(18-27)11-9-19/h8-13,16-17,27H,14-15,18H2,1-7H3. The summed E-state index contributed by atoms with van der Waals surface area (Å²) in [6, 6.07) is 15.5. The maximum atomic E-state index is 9.31. The van der Waals surface area contributed by atoms with Gasteiger partial charge in [-0.1, -0.05) is 101 Å². The van der Waals surface area contributed by atoms with Crippen LogP contribution in [-0.2, 0) is 17.4 Å². The first-order valence-electron chi connectivity index (χ1n) is 10.5. The number of hydrogen-bond donors (Lipinski definition) is 1. The van der Waals surface area contributed by atoms with Crippen LogP contribution in [0.5, 0.6) is 0 Å². The molecule has 0 unspecified atom stereocenters. The van der Waals surface area contributed by atoms with E-state index in [4.69, 9.17) is 0 Å². The Kier molecular flexibility index (Phi) is 5.50. The van der Waals surface area contributed by atoms with E-state index in [0.717, 1.165) is 5.56 Å². The summed E-state index contributed by atoms with van der Waals surface area (Å²) in [4.78, 5) is 0. The first-order chi connectivity index (χ1) is 12.9. The number of fused-ring (bicyclic) bond motifs is 1. The summed E-state index contributed by atoms with van der Waals surface area (Å²) >= 11 is 0. The van der Waals surface area contributed by atoms with E-state index in [1.165, 1.54) is 40.3 Å². The fourth-order valence-corrected chi connectivity index (χ4v) is 6.00. The molecule has 2 aromatic rings. The maximum absolute atomic E-state index is 9.31. The summed E-state index contributed by atoms with van der Waals surface area (Å²) in [5.41, 5.74) is 7.10. The molecule has 0 fully saturated rings. The lowest BCUT2D eigenvalue weighted by Gasteiger charge is -2.42. The molecule has 1 nitrogen and oxygen atoms in total. The van der Waals surface area contributed by atoms with Crippen molar-refractivity contribution in [3.63, 3.8) is 0 Å². The highest BCUT2D eigenvalue weighted by Crippen LogP contribution is 2.46. The molecule has 2 heteroatoms. The second kappa shape index (κ2) is 7.31. The Hall–Kier alpha value is -1.64. The lowest BCUT2D eigenvalue weighted by Crippen LogP contribution is -2.34. The minimum Gasteiger partial charge on any atom is -0.392 e. The predicted octanol–water partition coefficient (Wildman–Crippen LogP) is 6.95. The van der Waals surface area contributed by atoms with Gasteiger partial charge in [0.25, 0.3) is 0 Å². The van der Waals surface area contributed by atoms with Gasteiger partial charge in [-0.05, 0) is 51.5 Å². The first kappa shape index (κ1) is 21.1. The summed E-state index contributed by atoms with van der Waals surface area (Å²) in [7, 11) is -1.55. The van der Waals surface area contributed by atoms with Crippen LogP contribution in [0.1, 0.15) is 68.4 Å². The van der Waals surface area contributed by atoms with Crippen molar-refractivity contribution in [2.24, 2.45) is 0 Å². The highest BCUT2D eigenvalue weighted by Gasteiger charge is 2.37. The van der Waals surface area contributed by atoms with E-state index in [1.54, 1.807) is 0 Å². The molecular formula is C26H36OSi. The topological polar surface area (TPSA) is 20.2 Å². The Labute approximate surface area is 172 Å². The molecule has 0 saturated heterocycles. The zero-order valence-corrected chi connectivity index (χ0v) is 19.7. The average molecular weight is 393 g/mol. The Balaban J connectivity index is 2.13. The zero-order chi connectivity index (χ0) is 20.7. The van der Waals surface area contributed by atoms with E-state index in [-0.39, 0.29) is 17.4 Å². The van der Waals surface area contributed by atoms with Crippen molar-refractivity contribution in [1.82, 2.24) is 0 Å². The van der Waals surface area contributed by atoms with Crippen LogP contribution >= 0.6 is 0 Å². The molecule has 1 N–H and O–H groups in total. The normalized spacial score (nSPS) is 18.6. The van der Waals surface area contributed by atoms with Gasteiger partial charge in [0.15, 0.2) is 0 Å². The van der Waals surface area contributed by atoms with E-state index >= 15 is 0 Å². The van der Waals surface area contributed by atoms with Crippen molar-refractivity contribution >= 4 is 19.3 Å². The number of aliphatic hydroxyl groups is 1. The molecule has 1 aliphatic carbocycles. The monoisotopic (exact) mass is 392 g/mol. The minimum atomic E-state index is -1.55. The van der Waals surface area contributed by atoms with Crippen LogP contribution in [0.15, 0.2) is 42.5 Å². The van der Waals surface area contributed by atoms with Crippen molar-refractivity contribution in [3.8, 4) is 0 Å². The fourth-order valence-electron chi connectivity index (χ4n) is 4.38. The second-order valence-corrected chi connectivity index (χ2v) is 15.8. The molecule has 28 heavy (non-hydrogen) atoms. The number of rotatable bonds is 4. The highest BCUT2D eigenvalue weighted by atomic mass is 28.3. The van der Waals surface area contributed by atoms with Gasteiger partial charge in [-0.25, -0.2) is 0 Å². The molecule has 0 spiro atoms. The predicted molar refractivity (Wildman–Crippen MR) is 125 cm³/mol. The number of aliphatic hydroxyl groups excluding tert-OH is 1. The molecule has 0 aromatic heterocycles. The largest absolute Gasteiger partial charge is 0.392 e. The summed E-state index contributed by atoms with van der Waals surface area (Å²) in [5, 5.41) is 10.8. The third-order valence-electron chi connectivity index (χ3n) is 6.45. The quantitative estimate of drug-likeness (QED) is 0.441. The van der Waals surface area contributed by atoms with Crippen LogP contribution in [0.25, 0.3) is 11.3 Å². The molecule has 0 saturated carbocycles. The fraction of sp³-hybridized carbons (Fsp3) is 0.462. The molecule has 0 aliphatic heterocycles. The van der Waals surface area contributed by atoms with E-state index in [1.807, 2.05) is 12.1 Å². The van der Waals surface area contributed by atoms with Gasteiger partial charge in [0.2, 0.25) is 0 Å². The van der Waals surface area contributed by atoms with E-state index < -0.39 is 8.07 Å². The van der Waals surface area contributed by atoms with Crippen molar-refractivity contribution < 1.29 is 5.11 Å². The van der Waals surface area contributed by atoms with Gasteiger partial charge in [-0.2, -0.15) is 0 Å². The van der Waals surface area contributed by atoms with Gasteiger partial charge in [0, 0.05) is 0 Å². The summed E-state index contributed by atoms with van der Waals surface area (Å²) < 4.78 is 0. The lowest BCUT2D eigenvalue weighted by molar-refractivity contribution is 0.282. The Morgan fingerprint density at radius 1 is 0.893 bits per heavy atom. The molecular weight excluding hydrogens is 356 g/mol. The molecule has 0 amide bonds.